The van der Waals surface area contributed by atoms with Gasteiger partial charge in [0.15, 0.2) is 5.03 Å². The second kappa shape index (κ2) is 6.76. The van der Waals surface area contributed by atoms with Crippen LogP contribution in [0.1, 0.15) is 12.7 Å². The molecule has 0 aromatic carbocycles. The van der Waals surface area contributed by atoms with E-state index in [4.69, 9.17) is 0 Å². The summed E-state index contributed by atoms with van der Waals surface area (Å²) in [6.45, 7) is 6.85. The van der Waals surface area contributed by atoms with Gasteiger partial charge in [0.25, 0.3) is 10.0 Å². The van der Waals surface area contributed by atoms with Crippen LogP contribution >= 0.6 is 0 Å². The summed E-state index contributed by atoms with van der Waals surface area (Å²) in [7, 11) is -2.33. The number of carbonyl (C=O) groups is 1. The minimum Gasteiger partial charge on any atom is -0.339 e. The molecule has 22 heavy (non-hydrogen) atoms. The van der Waals surface area contributed by atoms with Crippen LogP contribution in [0.15, 0.2) is 11.2 Å². The largest absolute Gasteiger partial charge is 0.339 e. The van der Waals surface area contributed by atoms with E-state index < -0.39 is 10.0 Å². The molecule has 124 valence electrons. The molecule has 1 aromatic heterocycles. The van der Waals surface area contributed by atoms with Gasteiger partial charge >= 0.3 is 0 Å². The highest BCUT2D eigenvalue weighted by Crippen LogP contribution is 2.14. The van der Waals surface area contributed by atoms with Crippen LogP contribution in [0.2, 0.25) is 0 Å². The van der Waals surface area contributed by atoms with Crippen LogP contribution in [0.25, 0.3) is 0 Å². The summed E-state index contributed by atoms with van der Waals surface area (Å²) in [5.41, 5.74) is 0. The molecule has 1 N–H and O–H groups in total. The highest BCUT2D eigenvalue weighted by atomic mass is 32.2. The molecule has 0 aliphatic carbocycles. The lowest BCUT2D eigenvalue weighted by atomic mass is 10.3. The molecule has 1 aromatic rings. The number of likely N-dealkylation sites (N-methyl/N-ethyl adjacent to an activating group) is 1. The maximum absolute atomic E-state index is 12.5. The number of aryl methyl sites for hydroxylation is 2. The molecular weight excluding hydrogens is 306 g/mol. The molecule has 1 aliphatic rings. The van der Waals surface area contributed by atoms with Gasteiger partial charge in [0.1, 0.15) is 5.82 Å². The Balaban J connectivity index is 2.09. The van der Waals surface area contributed by atoms with Crippen molar-refractivity contribution < 1.29 is 13.2 Å². The van der Waals surface area contributed by atoms with Crippen molar-refractivity contribution in [2.75, 3.05) is 39.8 Å². The van der Waals surface area contributed by atoms with Crippen LogP contribution in [-0.2, 0) is 21.4 Å². The number of imidazole rings is 1. The van der Waals surface area contributed by atoms with Gasteiger partial charge in [-0.3, -0.25) is 4.79 Å². The lowest BCUT2D eigenvalue weighted by Gasteiger charge is -2.28. The number of piperazine rings is 1. The first-order chi connectivity index (χ1) is 10.4. The number of amides is 1. The van der Waals surface area contributed by atoms with Gasteiger partial charge in [-0.2, -0.15) is 4.31 Å². The van der Waals surface area contributed by atoms with Gasteiger partial charge in [0, 0.05) is 46.0 Å². The summed E-state index contributed by atoms with van der Waals surface area (Å²) in [5, 5.41) is 3.14. The first kappa shape index (κ1) is 16.9. The van der Waals surface area contributed by atoms with E-state index in [9.17, 15) is 13.2 Å². The number of hydrogen-bond donors (Lipinski definition) is 1. The van der Waals surface area contributed by atoms with Gasteiger partial charge in [-0.15, -0.1) is 0 Å². The van der Waals surface area contributed by atoms with Crippen LogP contribution in [-0.4, -0.2) is 72.9 Å². The summed E-state index contributed by atoms with van der Waals surface area (Å²) in [6, 6.07) is 0. The number of nitrogens with zero attached hydrogens (tertiary/aromatic N) is 4. The van der Waals surface area contributed by atoms with E-state index in [1.54, 1.807) is 16.4 Å². The Kier molecular flexibility index (Phi) is 5.20. The van der Waals surface area contributed by atoms with Crippen molar-refractivity contribution in [1.29, 1.82) is 0 Å². The highest BCUT2D eigenvalue weighted by Gasteiger charge is 2.28. The monoisotopic (exact) mass is 329 g/mol. The van der Waals surface area contributed by atoms with Crippen molar-refractivity contribution in [3.63, 3.8) is 0 Å². The number of rotatable bonds is 5. The fourth-order valence-corrected chi connectivity index (χ4v) is 3.48. The zero-order chi connectivity index (χ0) is 16.3. The zero-order valence-corrected chi connectivity index (χ0v) is 14.1. The molecule has 1 amide bonds. The van der Waals surface area contributed by atoms with Crippen molar-refractivity contribution in [3.8, 4) is 0 Å². The highest BCUT2D eigenvalue weighted by molar-refractivity contribution is 7.89. The van der Waals surface area contributed by atoms with Gasteiger partial charge in [-0.25, -0.2) is 13.4 Å². The van der Waals surface area contributed by atoms with Crippen LogP contribution in [0.4, 0.5) is 0 Å². The number of carbonyl (C=O) groups excluding carboxylic acids is 1. The third-order valence-corrected chi connectivity index (χ3v) is 5.47. The maximum atomic E-state index is 12.5. The predicted octanol–water partition coefficient (Wildman–Crippen LogP) is -0.736. The summed E-state index contributed by atoms with van der Waals surface area (Å²) in [4.78, 5) is 18.0. The Morgan fingerprint density at radius 3 is 2.59 bits per heavy atom. The second-order valence-electron chi connectivity index (χ2n) is 5.30. The first-order valence-electron chi connectivity index (χ1n) is 7.35. The Morgan fingerprint density at radius 2 is 2.05 bits per heavy atom. The van der Waals surface area contributed by atoms with E-state index >= 15 is 0 Å². The van der Waals surface area contributed by atoms with Crippen LogP contribution in [0, 0.1) is 6.92 Å². The average Bonchev–Trinajstić information content (AvgIpc) is 2.89. The molecule has 2 rings (SSSR count). The van der Waals surface area contributed by atoms with Crippen molar-refractivity contribution >= 4 is 15.9 Å². The molecule has 0 atom stereocenters. The SMILES string of the molecule is CCn1cc(S(=O)(=O)N(C)CC(=O)N2CCNCC2)nc1C. The van der Waals surface area contributed by atoms with E-state index in [0.29, 0.717) is 25.5 Å². The number of sulfonamides is 1. The summed E-state index contributed by atoms with van der Waals surface area (Å²) in [6.07, 6.45) is 1.51. The van der Waals surface area contributed by atoms with E-state index in [1.165, 1.54) is 13.2 Å². The van der Waals surface area contributed by atoms with Crippen molar-refractivity contribution in [3.05, 3.63) is 12.0 Å². The molecule has 9 heteroatoms. The average molecular weight is 329 g/mol. The fourth-order valence-electron chi connectivity index (χ4n) is 2.37. The fraction of sp³-hybridized carbons (Fsp3) is 0.692. The van der Waals surface area contributed by atoms with E-state index in [1.807, 2.05) is 6.92 Å². The standard InChI is InChI=1S/C13H23N5O3S/c1-4-17-9-12(15-11(17)2)22(20,21)16(3)10-13(19)18-7-5-14-6-8-18/h9,14H,4-8,10H2,1-3H3. The Bertz CT molecular complexity index is 634. The van der Waals surface area contributed by atoms with Gasteiger partial charge in [0.05, 0.1) is 6.54 Å². The smallest absolute Gasteiger partial charge is 0.262 e. The van der Waals surface area contributed by atoms with E-state index in [-0.39, 0.29) is 17.5 Å². The lowest BCUT2D eigenvalue weighted by Crippen LogP contribution is -2.49. The Morgan fingerprint density at radius 1 is 1.41 bits per heavy atom. The van der Waals surface area contributed by atoms with Gasteiger partial charge < -0.3 is 14.8 Å². The summed E-state index contributed by atoms with van der Waals surface area (Å²) < 4.78 is 27.8. The molecule has 2 heterocycles. The third-order valence-electron chi connectivity index (χ3n) is 3.80. The lowest BCUT2D eigenvalue weighted by molar-refractivity contribution is -0.131. The summed E-state index contributed by atoms with van der Waals surface area (Å²) in [5.74, 6) is 0.460. The molecule has 8 nitrogen and oxygen atoms in total. The van der Waals surface area contributed by atoms with Crippen molar-refractivity contribution in [2.24, 2.45) is 0 Å². The van der Waals surface area contributed by atoms with Crippen molar-refractivity contribution in [2.45, 2.75) is 25.4 Å². The maximum Gasteiger partial charge on any atom is 0.262 e. The van der Waals surface area contributed by atoms with E-state index in [0.717, 1.165) is 17.4 Å². The molecule has 0 spiro atoms. The van der Waals surface area contributed by atoms with Crippen LogP contribution in [0.5, 0.6) is 0 Å². The molecule has 1 saturated heterocycles. The molecular formula is C13H23N5O3S. The summed E-state index contributed by atoms with van der Waals surface area (Å²) >= 11 is 0. The van der Waals surface area contributed by atoms with Gasteiger partial charge in [-0.05, 0) is 13.8 Å². The molecule has 0 unspecified atom stereocenters. The number of nitrogens with one attached hydrogen (secondary N) is 1. The molecule has 1 fully saturated rings. The molecule has 0 radical (unpaired) electrons. The Labute approximate surface area is 131 Å². The molecule has 0 bridgehead atoms. The number of aromatic nitrogens is 2. The van der Waals surface area contributed by atoms with E-state index in [2.05, 4.69) is 10.3 Å². The third kappa shape index (κ3) is 3.47. The van der Waals surface area contributed by atoms with Crippen molar-refractivity contribution in [1.82, 2.24) is 24.1 Å². The van der Waals surface area contributed by atoms with Gasteiger partial charge in [0.2, 0.25) is 5.91 Å². The first-order valence-corrected chi connectivity index (χ1v) is 8.79. The van der Waals surface area contributed by atoms with Gasteiger partial charge in [-0.1, -0.05) is 0 Å². The Hall–Kier alpha value is -1.45. The predicted molar refractivity (Wildman–Crippen MR) is 81.9 cm³/mol. The normalized spacial score (nSPS) is 16.3. The molecule has 0 saturated carbocycles. The zero-order valence-electron chi connectivity index (χ0n) is 13.2. The van der Waals surface area contributed by atoms with Crippen LogP contribution < -0.4 is 5.32 Å². The second-order valence-corrected chi connectivity index (χ2v) is 7.30. The van der Waals surface area contributed by atoms with Crippen LogP contribution in [0.3, 0.4) is 0 Å². The molecule has 1 aliphatic heterocycles. The topological polar surface area (TPSA) is 87.5 Å². The minimum atomic E-state index is -3.75. The minimum absolute atomic E-state index is 0.0116. The number of hydrogen-bond acceptors (Lipinski definition) is 5. The quantitative estimate of drug-likeness (QED) is 0.769.